The van der Waals surface area contributed by atoms with Crippen LogP contribution in [0.15, 0.2) is 24.3 Å². The van der Waals surface area contributed by atoms with E-state index in [4.69, 9.17) is 9.63 Å². The zero-order valence-electron chi connectivity index (χ0n) is 13.4. The molecule has 5 heteroatoms. The molecule has 2 unspecified atom stereocenters. The van der Waals surface area contributed by atoms with Gasteiger partial charge in [-0.05, 0) is 35.3 Å². The lowest BCUT2D eigenvalue weighted by Crippen LogP contribution is -1.98. The first kappa shape index (κ1) is 19.1. The molecule has 0 spiro atoms. The third kappa shape index (κ3) is 7.88. The molecule has 0 bridgehead atoms. The Morgan fingerprint density at radius 2 is 1.55 bits per heavy atom. The minimum Gasteiger partial charge on any atom is -0.494 e. The Morgan fingerprint density at radius 3 is 2.09 bits per heavy atom. The van der Waals surface area contributed by atoms with E-state index in [2.05, 4.69) is 6.92 Å². The molecule has 2 N–H and O–H groups in total. The second-order valence-electron chi connectivity index (χ2n) is 5.57. The molecule has 1 aromatic rings. The second-order valence-corrected chi connectivity index (χ2v) is 6.66. The van der Waals surface area contributed by atoms with Gasteiger partial charge in [-0.3, -0.25) is 0 Å². The maximum atomic E-state index is 10.8. The van der Waals surface area contributed by atoms with Crippen molar-refractivity contribution in [1.29, 1.82) is 0 Å². The van der Waals surface area contributed by atoms with E-state index in [1.807, 2.05) is 0 Å². The highest BCUT2D eigenvalue weighted by molar-refractivity contribution is 7.38. The summed E-state index contributed by atoms with van der Waals surface area (Å²) < 4.78 is 16.4. The van der Waals surface area contributed by atoms with E-state index in [0.717, 1.165) is 12.2 Å². The van der Waals surface area contributed by atoms with Gasteiger partial charge in [0.25, 0.3) is 0 Å². The minimum atomic E-state index is -2.61. The molecule has 0 saturated carbocycles. The summed E-state index contributed by atoms with van der Waals surface area (Å²) in [5.74, 6) is -0.594. The first-order valence-corrected chi connectivity index (χ1v) is 9.49. The predicted octanol–water partition coefficient (Wildman–Crippen LogP) is 4.93. The van der Waals surface area contributed by atoms with Crippen molar-refractivity contribution in [2.75, 3.05) is 6.61 Å². The zero-order valence-corrected chi connectivity index (χ0v) is 14.3. The number of rotatable bonds is 12. The smallest absolute Gasteiger partial charge is 0.494 e. The SMILES string of the molecule is CCCCCCCCCCOc1ccc(C(O)[P+](=O)O)cc1. The number of hydrogen-bond acceptors (Lipinski definition) is 3. The van der Waals surface area contributed by atoms with Crippen LogP contribution in [0.3, 0.4) is 0 Å². The van der Waals surface area contributed by atoms with Gasteiger partial charge in [-0.25, -0.2) is 0 Å². The van der Waals surface area contributed by atoms with Gasteiger partial charge >= 0.3 is 13.9 Å². The summed E-state index contributed by atoms with van der Waals surface area (Å²) >= 11 is 0. The van der Waals surface area contributed by atoms with Crippen LogP contribution in [0, 0.1) is 0 Å². The Bertz CT molecular complexity index is 419. The van der Waals surface area contributed by atoms with Crippen LogP contribution in [0.4, 0.5) is 0 Å². The Balaban J connectivity index is 2.11. The number of aliphatic hydroxyl groups is 1. The first-order valence-electron chi connectivity index (χ1n) is 8.21. The summed E-state index contributed by atoms with van der Waals surface area (Å²) in [5.41, 5.74) is 0.433. The topological polar surface area (TPSA) is 66.8 Å². The lowest BCUT2D eigenvalue weighted by atomic mass is 10.1. The lowest BCUT2D eigenvalue weighted by molar-refractivity contribution is 0.243. The van der Waals surface area contributed by atoms with Gasteiger partial charge in [-0.1, -0.05) is 51.9 Å². The van der Waals surface area contributed by atoms with Crippen LogP contribution in [0.2, 0.25) is 0 Å². The first-order chi connectivity index (χ1) is 10.6. The average Bonchev–Trinajstić information content (AvgIpc) is 2.53. The van der Waals surface area contributed by atoms with E-state index in [1.54, 1.807) is 24.3 Å². The lowest BCUT2D eigenvalue weighted by Gasteiger charge is -2.07. The molecule has 4 nitrogen and oxygen atoms in total. The van der Waals surface area contributed by atoms with E-state index in [0.29, 0.717) is 12.2 Å². The van der Waals surface area contributed by atoms with Crippen LogP contribution in [0.25, 0.3) is 0 Å². The molecular formula is C17H28O4P+. The standard InChI is InChI=1S/C17H27O4P/c1-2-3-4-5-6-7-8-9-14-21-16-12-10-15(11-13-16)17(18)22(19)20/h10-13,17-18H,2-9,14H2,1H3/p+1. The van der Waals surface area contributed by atoms with Gasteiger partial charge in [0.15, 0.2) is 0 Å². The molecule has 0 aliphatic rings. The Morgan fingerprint density at radius 1 is 1.00 bits per heavy atom. The number of unbranched alkanes of at least 4 members (excludes halogenated alkanes) is 7. The highest BCUT2D eigenvalue weighted by atomic mass is 31.1. The molecule has 0 aromatic heterocycles. The number of benzene rings is 1. The van der Waals surface area contributed by atoms with Crippen molar-refractivity contribution in [2.45, 2.75) is 64.1 Å². The molecule has 0 saturated heterocycles. The number of hydrogen-bond donors (Lipinski definition) is 2. The van der Waals surface area contributed by atoms with Crippen LogP contribution in [-0.2, 0) is 4.57 Å². The predicted molar refractivity (Wildman–Crippen MR) is 89.3 cm³/mol. The number of ether oxygens (including phenoxy) is 1. The molecule has 2 atom stereocenters. The molecule has 0 heterocycles. The second kappa shape index (κ2) is 11.6. The molecule has 0 fully saturated rings. The van der Waals surface area contributed by atoms with Crippen LogP contribution < -0.4 is 4.74 Å². The monoisotopic (exact) mass is 327 g/mol. The van der Waals surface area contributed by atoms with Gasteiger partial charge in [0, 0.05) is 5.56 Å². The molecule has 0 radical (unpaired) electrons. The molecule has 124 valence electrons. The number of aliphatic hydroxyl groups excluding tert-OH is 1. The van der Waals surface area contributed by atoms with Crippen LogP contribution in [-0.4, -0.2) is 16.6 Å². The van der Waals surface area contributed by atoms with E-state index in [1.165, 1.54) is 44.9 Å². The fourth-order valence-corrected chi connectivity index (χ4v) is 2.72. The van der Waals surface area contributed by atoms with Crippen LogP contribution in [0.5, 0.6) is 5.75 Å². The van der Waals surface area contributed by atoms with Gasteiger partial charge in [-0.15, -0.1) is 0 Å². The summed E-state index contributed by atoms with van der Waals surface area (Å²) in [4.78, 5) is 8.86. The van der Waals surface area contributed by atoms with Gasteiger partial charge < -0.3 is 9.84 Å². The van der Waals surface area contributed by atoms with E-state index < -0.39 is 13.9 Å². The molecule has 0 aliphatic heterocycles. The molecule has 0 amide bonds. The zero-order chi connectivity index (χ0) is 16.2. The molecular weight excluding hydrogens is 299 g/mol. The van der Waals surface area contributed by atoms with Gasteiger partial charge in [0.1, 0.15) is 5.75 Å². The van der Waals surface area contributed by atoms with Crippen molar-refractivity contribution in [1.82, 2.24) is 0 Å². The fourth-order valence-electron chi connectivity index (χ4n) is 2.29. The van der Waals surface area contributed by atoms with Gasteiger partial charge in [0.05, 0.1) is 6.61 Å². The molecule has 1 rings (SSSR count). The summed E-state index contributed by atoms with van der Waals surface area (Å²) in [5, 5.41) is 9.46. The van der Waals surface area contributed by atoms with Crippen molar-refractivity contribution in [2.24, 2.45) is 0 Å². The van der Waals surface area contributed by atoms with E-state index >= 15 is 0 Å². The third-order valence-electron chi connectivity index (χ3n) is 3.65. The quantitative estimate of drug-likeness (QED) is 0.422. The largest absolute Gasteiger partial charge is 0.542 e. The van der Waals surface area contributed by atoms with Crippen LogP contribution >= 0.6 is 8.03 Å². The third-order valence-corrected chi connectivity index (χ3v) is 4.37. The minimum absolute atomic E-state index is 0.433. The highest BCUT2D eigenvalue weighted by Gasteiger charge is 2.27. The summed E-state index contributed by atoms with van der Waals surface area (Å²) in [7, 11) is -2.61. The highest BCUT2D eigenvalue weighted by Crippen LogP contribution is 2.35. The maximum Gasteiger partial charge on any atom is 0.542 e. The summed E-state index contributed by atoms with van der Waals surface area (Å²) in [6.07, 6.45) is 10.1. The van der Waals surface area contributed by atoms with Crippen molar-refractivity contribution in [3.63, 3.8) is 0 Å². The molecule has 0 aliphatic carbocycles. The van der Waals surface area contributed by atoms with E-state index in [9.17, 15) is 9.67 Å². The van der Waals surface area contributed by atoms with E-state index in [-0.39, 0.29) is 0 Å². The van der Waals surface area contributed by atoms with Crippen LogP contribution in [0.1, 0.15) is 69.7 Å². The Hall–Kier alpha value is -0.960. The van der Waals surface area contributed by atoms with Crippen molar-refractivity contribution < 1.29 is 19.3 Å². The summed E-state index contributed by atoms with van der Waals surface area (Å²) in [6.45, 7) is 2.92. The normalized spacial score (nSPS) is 13.0. The molecule has 1 aromatic carbocycles. The van der Waals surface area contributed by atoms with Crippen molar-refractivity contribution in [3.05, 3.63) is 29.8 Å². The fraction of sp³-hybridized carbons (Fsp3) is 0.647. The van der Waals surface area contributed by atoms with Gasteiger partial charge in [-0.2, -0.15) is 4.89 Å². The summed E-state index contributed by atoms with van der Waals surface area (Å²) in [6, 6.07) is 6.69. The average molecular weight is 327 g/mol. The maximum absolute atomic E-state index is 10.8. The van der Waals surface area contributed by atoms with Crippen molar-refractivity contribution in [3.8, 4) is 5.75 Å². The van der Waals surface area contributed by atoms with Crippen molar-refractivity contribution >= 4 is 8.03 Å². The Kier molecular flexibility index (Phi) is 10.1. The Labute approximate surface area is 134 Å². The van der Waals surface area contributed by atoms with Gasteiger partial charge in [0.2, 0.25) is 0 Å². The molecule has 22 heavy (non-hydrogen) atoms.